The summed E-state index contributed by atoms with van der Waals surface area (Å²) in [5.74, 6) is -0.668. The van der Waals surface area contributed by atoms with Gasteiger partial charge in [0.05, 0.1) is 0 Å². The van der Waals surface area contributed by atoms with Gasteiger partial charge < -0.3 is 5.32 Å². The Kier molecular flexibility index (Phi) is 4.26. The van der Waals surface area contributed by atoms with Crippen LogP contribution in [0.3, 0.4) is 0 Å². The largest absolute Gasteiger partial charge is 0.328 e. The van der Waals surface area contributed by atoms with E-state index in [2.05, 4.69) is 11.9 Å². The molecule has 5 nitrogen and oxygen atoms in total. The van der Waals surface area contributed by atoms with Crippen LogP contribution in [0.1, 0.15) is 18.9 Å². The molecule has 0 saturated heterocycles. The Labute approximate surface area is 106 Å². The van der Waals surface area contributed by atoms with Crippen LogP contribution < -0.4 is 5.32 Å². The molecular weight excluding hydrogens is 254 g/mol. The highest BCUT2D eigenvalue weighted by Crippen LogP contribution is 2.30. The van der Waals surface area contributed by atoms with E-state index in [1.54, 1.807) is 25.1 Å². The zero-order valence-corrected chi connectivity index (χ0v) is 10.8. The van der Waals surface area contributed by atoms with Crippen molar-refractivity contribution in [1.82, 2.24) is 5.32 Å². The van der Waals surface area contributed by atoms with E-state index >= 15 is 0 Å². The summed E-state index contributed by atoms with van der Waals surface area (Å²) in [6.07, 6.45) is 0.952. The summed E-state index contributed by atoms with van der Waals surface area (Å²) in [5, 5.41) is 2.29. The van der Waals surface area contributed by atoms with Gasteiger partial charge in [0.15, 0.2) is 4.87 Å². The van der Waals surface area contributed by atoms with Crippen molar-refractivity contribution >= 4 is 16.0 Å². The molecule has 0 aliphatic carbocycles. The van der Waals surface area contributed by atoms with Crippen molar-refractivity contribution in [2.45, 2.75) is 18.2 Å². The molecule has 0 aliphatic rings. The second kappa shape index (κ2) is 5.32. The van der Waals surface area contributed by atoms with Crippen LogP contribution in [-0.4, -0.2) is 18.9 Å². The van der Waals surface area contributed by atoms with Crippen LogP contribution in [-0.2, 0) is 19.8 Å². The first-order valence-corrected chi connectivity index (χ1v) is 6.78. The molecule has 0 aromatic heterocycles. The molecule has 98 valence electrons. The molecule has 2 N–H and O–H groups in total. The van der Waals surface area contributed by atoms with Gasteiger partial charge in [0.25, 0.3) is 10.1 Å². The quantitative estimate of drug-likeness (QED) is 0.626. The van der Waals surface area contributed by atoms with Crippen molar-refractivity contribution in [3.8, 4) is 0 Å². The highest BCUT2D eigenvalue weighted by Gasteiger charge is 2.44. The van der Waals surface area contributed by atoms with Crippen molar-refractivity contribution in [2.75, 3.05) is 0 Å². The van der Waals surface area contributed by atoms with Gasteiger partial charge in [-0.2, -0.15) is 8.42 Å². The van der Waals surface area contributed by atoms with Crippen molar-refractivity contribution in [3.63, 3.8) is 0 Å². The van der Waals surface area contributed by atoms with Crippen LogP contribution >= 0.6 is 0 Å². The number of carbonyl (C=O) groups is 1. The van der Waals surface area contributed by atoms with E-state index in [-0.39, 0.29) is 6.42 Å². The predicted octanol–water partition coefficient (Wildman–Crippen LogP) is 1.44. The minimum atomic E-state index is -4.51. The molecule has 0 bridgehead atoms. The van der Waals surface area contributed by atoms with Gasteiger partial charge in [0, 0.05) is 0 Å². The van der Waals surface area contributed by atoms with Crippen LogP contribution in [0.15, 0.2) is 43.0 Å². The zero-order chi connectivity index (χ0) is 13.8. The van der Waals surface area contributed by atoms with E-state index in [4.69, 9.17) is 0 Å². The van der Waals surface area contributed by atoms with Gasteiger partial charge >= 0.3 is 0 Å². The fourth-order valence-corrected chi connectivity index (χ4v) is 2.75. The van der Waals surface area contributed by atoms with Gasteiger partial charge in [-0.3, -0.25) is 9.35 Å². The molecule has 1 atom stereocenters. The third-order valence-electron chi connectivity index (χ3n) is 2.69. The first kappa shape index (κ1) is 14.4. The topological polar surface area (TPSA) is 83.5 Å². The van der Waals surface area contributed by atoms with Gasteiger partial charge in [0.1, 0.15) is 0 Å². The number of carbonyl (C=O) groups excluding carboxylic acids is 1. The summed E-state index contributed by atoms with van der Waals surface area (Å²) < 4.78 is 32.7. The summed E-state index contributed by atoms with van der Waals surface area (Å²) in [5.41, 5.74) is 0.296. The summed E-state index contributed by atoms with van der Waals surface area (Å²) >= 11 is 0. The monoisotopic (exact) mass is 269 g/mol. The molecule has 1 aromatic rings. The summed E-state index contributed by atoms with van der Waals surface area (Å²) in [4.78, 5) is 9.55. The van der Waals surface area contributed by atoms with E-state index in [0.717, 1.165) is 6.08 Å². The number of benzene rings is 1. The summed E-state index contributed by atoms with van der Waals surface area (Å²) in [7, 11) is -4.51. The molecule has 0 saturated carbocycles. The Morgan fingerprint density at radius 3 is 2.39 bits per heavy atom. The molecule has 6 heteroatoms. The minimum Gasteiger partial charge on any atom is -0.328 e. The Hall–Kier alpha value is -1.66. The first-order valence-electron chi connectivity index (χ1n) is 5.34. The average Bonchev–Trinajstić information content (AvgIpc) is 2.35. The Balaban J connectivity index is 3.42. The molecule has 0 aliphatic heterocycles. The summed E-state index contributed by atoms with van der Waals surface area (Å²) in [6, 6.07) is 8.03. The van der Waals surface area contributed by atoms with Crippen molar-refractivity contribution in [1.29, 1.82) is 0 Å². The highest BCUT2D eigenvalue weighted by atomic mass is 32.2. The van der Waals surface area contributed by atoms with Crippen LogP contribution in [0.2, 0.25) is 0 Å². The molecule has 0 spiro atoms. The molecule has 0 fully saturated rings. The molecule has 1 amide bonds. The number of hydrogen-bond donors (Lipinski definition) is 2. The van der Waals surface area contributed by atoms with Crippen molar-refractivity contribution in [3.05, 3.63) is 48.6 Å². The average molecular weight is 269 g/mol. The molecule has 1 aromatic carbocycles. The van der Waals surface area contributed by atoms with Crippen molar-refractivity contribution < 1.29 is 17.8 Å². The Bertz CT molecular complexity index is 538. The zero-order valence-electron chi connectivity index (χ0n) is 9.96. The van der Waals surface area contributed by atoms with Gasteiger partial charge in [-0.25, -0.2) is 0 Å². The highest BCUT2D eigenvalue weighted by molar-refractivity contribution is 7.86. The number of hydrogen-bond acceptors (Lipinski definition) is 3. The lowest BCUT2D eigenvalue weighted by Crippen LogP contribution is -2.50. The third kappa shape index (κ3) is 2.60. The molecule has 0 radical (unpaired) electrons. The van der Waals surface area contributed by atoms with E-state index in [0.29, 0.717) is 5.56 Å². The fourth-order valence-electron chi connectivity index (χ4n) is 1.72. The van der Waals surface area contributed by atoms with Crippen molar-refractivity contribution in [2.24, 2.45) is 0 Å². The number of amides is 1. The van der Waals surface area contributed by atoms with E-state index < -0.39 is 20.9 Å². The molecule has 18 heavy (non-hydrogen) atoms. The van der Waals surface area contributed by atoms with Gasteiger partial charge in [-0.15, -0.1) is 0 Å². The number of rotatable bonds is 5. The smallest absolute Gasteiger partial charge is 0.293 e. The maximum absolute atomic E-state index is 11.6. The lowest BCUT2D eigenvalue weighted by molar-refractivity contribution is -0.117. The van der Waals surface area contributed by atoms with Gasteiger partial charge in [-0.1, -0.05) is 43.8 Å². The Morgan fingerprint density at radius 1 is 1.44 bits per heavy atom. The molecule has 0 heterocycles. The van der Waals surface area contributed by atoms with E-state index in [1.807, 2.05) is 0 Å². The summed E-state index contributed by atoms with van der Waals surface area (Å²) in [6.45, 7) is 4.83. The maximum Gasteiger partial charge on any atom is 0.293 e. The van der Waals surface area contributed by atoms with Crippen LogP contribution in [0.4, 0.5) is 0 Å². The van der Waals surface area contributed by atoms with Gasteiger partial charge in [0.2, 0.25) is 5.91 Å². The van der Waals surface area contributed by atoms with E-state index in [1.165, 1.54) is 12.1 Å². The molecule has 1 rings (SSSR count). The lowest BCUT2D eigenvalue weighted by Gasteiger charge is -2.30. The van der Waals surface area contributed by atoms with Crippen LogP contribution in [0, 0.1) is 0 Å². The number of nitrogens with one attached hydrogen (secondary N) is 1. The minimum absolute atomic E-state index is 0.00454. The third-order valence-corrected chi connectivity index (χ3v) is 4.20. The van der Waals surface area contributed by atoms with E-state index in [9.17, 15) is 17.8 Å². The SMILES string of the molecule is C=CC(=O)NC(CC)(c1ccccc1)S(=O)(=O)O. The lowest BCUT2D eigenvalue weighted by atomic mass is 10.0. The Morgan fingerprint density at radius 2 is 2.00 bits per heavy atom. The van der Waals surface area contributed by atoms with Crippen LogP contribution in [0.5, 0.6) is 0 Å². The second-order valence-corrected chi connectivity index (χ2v) is 5.36. The molecule has 1 unspecified atom stereocenters. The standard InChI is InChI=1S/C12H15NO4S/c1-3-11(14)13-12(4-2,18(15,16)17)10-8-6-5-7-9-10/h3,5-9H,1,4H2,2H3,(H,13,14)(H,15,16,17). The fraction of sp³-hybridized carbons (Fsp3) is 0.250. The predicted molar refractivity (Wildman–Crippen MR) is 68.3 cm³/mol. The maximum atomic E-state index is 11.6. The first-order chi connectivity index (χ1) is 8.37. The normalized spacial score (nSPS) is 14.6. The second-order valence-electron chi connectivity index (χ2n) is 3.72. The molecular formula is C12H15NO4S. The van der Waals surface area contributed by atoms with Gasteiger partial charge in [-0.05, 0) is 18.1 Å². The van der Waals surface area contributed by atoms with Crippen LogP contribution in [0.25, 0.3) is 0 Å².